The summed E-state index contributed by atoms with van der Waals surface area (Å²) in [5, 5.41) is 17.2. The minimum Gasteiger partial charge on any atom is -0.461 e. The average molecular weight is 1590 g/mol. The monoisotopic (exact) mass is 1580 g/mol. The van der Waals surface area contributed by atoms with Gasteiger partial charge < -0.3 is 96.4 Å². The molecule has 3 rings (SSSR count). The van der Waals surface area contributed by atoms with Crippen molar-refractivity contribution in [3.63, 3.8) is 0 Å². The molecule has 2 aromatic carbocycles. The zero-order chi connectivity index (χ0) is 84.9. The zero-order valence-electron chi connectivity index (χ0n) is 67.9. The van der Waals surface area contributed by atoms with E-state index in [0.717, 1.165) is 71.0 Å². The number of primary amides is 1. The van der Waals surface area contributed by atoms with Crippen molar-refractivity contribution in [3.8, 4) is 0 Å². The summed E-state index contributed by atoms with van der Waals surface area (Å²) in [4.78, 5) is 248. The number of amides is 16. The van der Waals surface area contributed by atoms with E-state index in [1.54, 1.807) is 44.3 Å². The number of carbonyl (C=O) groups excluding carboxylic acids is 18. The Morgan fingerprint density at radius 1 is 0.442 bits per heavy atom. The van der Waals surface area contributed by atoms with Crippen LogP contribution in [0.25, 0.3) is 10.9 Å². The number of ketones is 2. The molecule has 3 aromatic rings. The first-order valence-corrected chi connectivity index (χ1v) is 37.2. The van der Waals surface area contributed by atoms with Crippen molar-refractivity contribution in [1.29, 1.82) is 0 Å². The molecule has 1 aromatic heterocycles. The number of nitrogens with two attached hydrogens (primary N) is 1. The molecule has 0 bridgehead atoms. The smallest absolute Gasteiger partial charge is 0.312 e. The summed E-state index contributed by atoms with van der Waals surface area (Å²) in [7, 11) is 13.2. The Balaban J connectivity index is 1.41. The van der Waals surface area contributed by atoms with Crippen LogP contribution in [0, 0.1) is 11.8 Å². The molecule has 0 spiro atoms. The van der Waals surface area contributed by atoms with Crippen molar-refractivity contribution in [1.82, 2.24) is 85.9 Å². The van der Waals surface area contributed by atoms with E-state index < -0.39 is 172 Å². The minimum absolute atomic E-state index is 0.0562. The fourth-order valence-corrected chi connectivity index (χ4v) is 10.8. The van der Waals surface area contributed by atoms with Crippen LogP contribution < -0.4 is 37.6 Å². The third-order valence-electron chi connectivity index (χ3n) is 18.2. The topological polar surface area (TPSA) is 463 Å². The van der Waals surface area contributed by atoms with Crippen molar-refractivity contribution in [3.05, 3.63) is 71.4 Å². The number of nitrogens with one attached hydrogen (secondary N) is 7. The molecule has 1 heterocycles. The van der Waals surface area contributed by atoms with E-state index in [4.69, 9.17) is 10.5 Å². The summed E-state index contributed by atoms with van der Waals surface area (Å²) in [5.41, 5.74) is 8.20. The highest BCUT2D eigenvalue weighted by atomic mass is 16.5. The lowest BCUT2D eigenvalue weighted by Crippen LogP contribution is -2.50. The number of aromatic nitrogens is 1. The number of fused-ring (bicyclic) bond motifs is 1. The summed E-state index contributed by atoms with van der Waals surface area (Å²) < 4.78 is 5.32. The number of carbonyl (C=O) groups is 18. The normalized spacial score (nSPS) is 11.7. The predicted molar refractivity (Wildman–Crippen MR) is 415 cm³/mol. The number of hydrogen-bond acceptors (Lipinski definition) is 20. The number of hydrogen-bond donors (Lipinski definition) is 8. The number of nitrogens with zero attached hydrogens (tertiary/aromatic N) is 10. The quantitative estimate of drug-likeness (QED) is 0.0216. The molecular weight excluding hydrogens is 1470 g/mol. The molecular formula is C76H116N18O19. The Morgan fingerprint density at radius 2 is 0.885 bits per heavy atom. The zero-order valence-corrected chi connectivity index (χ0v) is 67.9. The third-order valence-corrected chi connectivity index (χ3v) is 18.2. The van der Waals surface area contributed by atoms with Gasteiger partial charge in [-0.3, -0.25) is 81.5 Å². The maximum Gasteiger partial charge on any atom is 0.312 e. The summed E-state index contributed by atoms with van der Waals surface area (Å²) in [6, 6.07) is 12.0. The summed E-state index contributed by atoms with van der Waals surface area (Å²) in [6.45, 7) is 5.04. The molecule has 37 nitrogen and oxygen atoms in total. The Morgan fingerprint density at radius 3 is 1.34 bits per heavy atom. The summed E-state index contributed by atoms with van der Waals surface area (Å²) in [5.74, 6) is -10.7. The molecule has 9 N–H and O–H groups in total. The number of aromatic amines is 1. The molecule has 0 aliphatic rings. The van der Waals surface area contributed by atoms with Crippen LogP contribution in [0.1, 0.15) is 96.3 Å². The Labute approximate surface area is 659 Å². The maximum absolute atomic E-state index is 14.3. The van der Waals surface area contributed by atoms with Gasteiger partial charge in [0.1, 0.15) is 18.4 Å². The van der Waals surface area contributed by atoms with Crippen molar-refractivity contribution in [2.75, 3.05) is 162 Å². The van der Waals surface area contributed by atoms with Gasteiger partial charge in [0.15, 0.2) is 5.78 Å². The number of H-pyrrole nitrogens is 1. The molecule has 0 saturated heterocycles. The molecule has 113 heavy (non-hydrogen) atoms. The van der Waals surface area contributed by atoms with E-state index in [2.05, 4.69) is 36.9 Å². The molecule has 0 fully saturated rings. The average Bonchev–Trinajstić information content (AvgIpc) is 1.68. The van der Waals surface area contributed by atoms with E-state index in [1.807, 2.05) is 38.1 Å². The van der Waals surface area contributed by atoms with Gasteiger partial charge in [0.25, 0.3) is 0 Å². The van der Waals surface area contributed by atoms with Crippen molar-refractivity contribution >= 4 is 117 Å². The molecule has 0 saturated carbocycles. The number of urea groups is 1. The SMILES string of the molecule is CC(C)NCCNC(=O)[C@H](C)NC(=O)CN(C)C(=O)CN(C)C(=O)CN(C)C(=O)CN(C)C(=O)CN(C)C(=O)CN(C)C(=O)CN(C)C(=O)CN(C)C(=O)CN(C)C(=O)CN(C)C(=O)CCNC(=O)CCCC(=O)C[C@@H](Cc1c[nH]c2ccccc12)C(=O)N[C@@H](CCCNC(N)=O)C(=O)Cc1ccc(COC(=O)C(C)C)cc1. The van der Waals surface area contributed by atoms with Crippen LogP contribution in [-0.2, 0) is 106 Å². The van der Waals surface area contributed by atoms with Gasteiger partial charge in [-0.15, -0.1) is 0 Å². The van der Waals surface area contributed by atoms with Gasteiger partial charge in [0.2, 0.25) is 82.7 Å². The molecule has 0 unspecified atom stereocenters. The standard InChI is InChI=1S/C76H116N18O19/c1-49(2)75(111)113-48-53-27-25-52(26-28-53)34-60(96)59(23-19-30-81-76(77)112)84-74(110)54(35-55-37-82-58-22-17-16-21-57(55)58)36-56(95)20-18-24-61(97)79-31-29-63(99)86(7)39-65(101)88(9)41-67(103)90(11)43-69(105)92(13)45-71(107)94(15)47-72(108)93(14)46-70(106)91(12)44-68(104)89(10)42-66(102)87(8)40-64(100)85(6)38-62(98)83-51(5)73(109)80-33-32-78-50(3)4/h16-17,21-22,25-28,37,49-51,54,59,78,82H,18-20,23-24,29-36,38-48H2,1-15H3,(H,79,97)(H,80,109)(H,83,98)(H,84,110)(H3,77,81,112)/t51-,54+,59-/m0/s1. The molecule has 37 heteroatoms. The van der Waals surface area contributed by atoms with Gasteiger partial charge in [0, 0.05) is 158 Å². The molecule has 0 radical (unpaired) electrons. The first-order valence-electron chi connectivity index (χ1n) is 37.2. The fraction of sp³-hybridized carbons (Fsp3) is 0.579. The Bertz CT molecular complexity index is 3830. The lowest BCUT2D eigenvalue weighted by Gasteiger charge is -2.27. The molecule has 16 amide bonds. The van der Waals surface area contributed by atoms with E-state index in [1.165, 1.54) is 77.4 Å². The van der Waals surface area contributed by atoms with E-state index >= 15 is 0 Å². The second kappa shape index (κ2) is 48.4. The highest BCUT2D eigenvalue weighted by Crippen LogP contribution is 2.24. The molecule has 624 valence electrons. The molecule has 0 aliphatic carbocycles. The van der Waals surface area contributed by atoms with E-state index in [-0.39, 0.29) is 107 Å². The van der Waals surface area contributed by atoms with Crippen LogP contribution in [0.4, 0.5) is 4.79 Å². The minimum atomic E-state index is -1.01. The Hall–Kier alpha value is -11.4. The number of para-hydroxylation sites is 1. The first kappa shape index (κ1) is 95.8. The van der Waals surface area contributed by atoms with Gasteiger partial charge in [-0.2, -0.15) is 0 Å². The number of esters is 1. The van der Waals surface area contributed by atoms with E-state index in [0.29, 0.717) is 18.7 Å². The van der Waals surface area contributed by atoms with Gasteiger partial charge >= 0.3 is 12.0 Å². The number of ether oxygens (including phenoxy) is 1. The number of Topliss-reactive ketones (excluding diaryl/α,β-unsaturated/α-hetero) is 2. The summed E-state index contributed by atoms with van der Waals surface area (Å²) in [6.07, 6.45) is 1.74. The second-order valence-corrected chi connectivity index (χ2v) is 28.9. The maximum atomic E-state index is 14.3. The van der Waals surface area contributed by atoms with Crippen LogP contribution in [0.15, 0.2) is 54.7 Å². The Kier molecular flexibility index (Phi) is 41.0. The fourth-order valence-electron chi connectivity index (χ4n) is 10.8. The lowest BCUT2D eigenvalue weighted by atomic mass is 9.90. The lowest BCUT2D eigenvalue weighted by molar-refractivity contribution is -0.148. The molecule has 0 aliphatic heterocycles. The number of likely N-dealkylation sites (N-methyl/N-ethyl adjacent to an activating group) is 10. The molecule has 3 atom stereocenters. The van der Waals surface area contributed by atoms with Gasteiger partial charge in [-0.25, -0.2) is 4.79 Å². The third kappa shape index (κ3) is 35.7. The highest BCUT2D eigenvalue weighted by Gasteiger charge is 2.31. The van der Waals surface area contributed by atoms with Crippen molar-refractivity contribution < 1.29 is 91.0 Å². The van der Waals surface area contributed by atoms with Crippen LogP contribution >= 0.6 is 0 Å². The summed E-state index contributed by atoms with van der Waals surface area (Å²) >= 11 is 0. The van der Waals surface area contributed by atoms with Crippen molar-refractivity contribution in [2.45, 2.75) is 117 Å². The first-order chi connectivity index (χ1) is 53.1. The van der Waals surface area contributed by atoms with Gasteiger partial charge in [-0.05, 0) is 55.4 Å². The van der Waals surface area contributed by atoms with Gasteiger partial charge in [-0.1, -0.05) is 70.2 Å². The van der Waals surface area contributed by atoms with Crippen LogP contribution in [0.2, 0.25) is 0 Å². The van der Waals surface area contributed by atoms with Crippen LogP contribution in [0.3, 0.4) is 0 Å². The van der Waals surface area contributed by atoms with Crippen molar-refractivity contribution in [2.24, 2.45) is 17.6 Å². The van der Waals surface area contributed by atoms with E-state index in [9.17, 15) is 86.3 Å². The predicted octanol–water partition coefficient (Wildman–Crippen LogP) is -2.39. The highest BCUT2D eigenvalue weighted by molar-refractivity contribution is 5.97. The second-order valence-electron chi connectivity index (χ2n) is 28.9. The van der Waals surface area contributed by atoms with Gasteiger partial charge in [0.05, 0.1) is 77.4 Å². The van der Waals surface area contributed by atoms with Crippen LogP contribution in [0.5, 0.6) is 0 Å². The number of benzene rings is 2. The largest absolute Gasteiger partial charge is 0.461 e. The van der Waals surface area contributed by atoms with Crippen LogP contribution in [-0.4, -0.2) is 340 Å². The number of rotatable bonds is 49.